The minimum Gasteiger partial charge on any atom is -0.378 e. The molecule has 0 saturated carbocycles. The van der Waals surface area contributed by atoms with Crippen molar-refractivity contribution >= 4 is 11.7 Å². The number of likely N-dealkylation sites (tertiary alicyclic amines) is 1. The van der Waals surface area contributed by atoms with E-state index in [4.69, 9.17) is 0 Å². The molecule has 0 radical (unpaired) electrons. The molecule has 2 N–H and O–H groups in total. The SMILES string of the molecule is CCN1CCCC1CNC(=O)NCc1cccc(N(C)C)c1. The summed E-state index contributed by atoms with van der Waals surface area (Å²) < 4.78 is 0. The Labute approximate surface area is 133 Å². The lowest BCUT2D eigenvalue weighted by Gasteiger charge is -2.23. The number of hydrogen-bond acceptors (Lipinski definition) is 3. The molecule has 1 aromatic rings. The van der Waals surface area contributed by atoms with Crippen LogP contribution in [0, 0.1) is 0 Å². The Bertz CT molecular complexity index is 489. The van der Waals surface area contributed by atoms with Gasteiger partial charge < -0.3 is 15.5 Å². The molecule has 1 atom stereocenters. The summed E-state index contributed by atoms with van der Waals surface area (Å²) in [6.07, 6.45) is 2.41. The molecule has 122 valence electrons. The molecule has 1 aliphatic rings. The van der Waals surface area contributed by atoms with Crippen molar-refractivity contribution in [3.05, 3.63) is 29.8 Å². The molecular formula is C17H28N4O. The number of carbonyl (C=O) groups is 1. The van der Waals surface area contributed by atoms with Crippen LogP contribution in [0.2, 0.25) is 0 Å². The van der Waals surface area contributed by atoms with E-state index in [1.807, 2.05) is 26.2 Å². The fourth-order valence-electron chi connectivity index (χ4n) is 2.94. The minimum absolute atomic E-state index is 0.0850. The molecule has 0 aliphatic carbocycles. The zero-order valence-electron chi connectivity index (χ0n) is 13.9. The van der Waals surface area contributed by atoms with E-state index in [-0.39, 0.29) is 6.03 Å². The van der Waals surface area contributed by atoms with E-state index < -0.39 is 0 Å². The second-order valence-electron chi connectivity index (χ2n) is 6.05. The number of benzene rings is 1. The summed E-state index contributed by atoms with van der Waals surface area (Å²) in [4.78, 5) is 16.4. The number of nitrogens with one attached hydrogen (secondary N) is 2. The van der Waals surface area contributed by atoms with Crippen LogP contribution in [0.4, 0.5) is 10.5 Å². The lowest BCUT2D eigenvalue weighted by molar-refractivity contribution is 0.228. The maximum Gasteiger partial charge on any atom is 0.315 e. The number of carbonyl (C=O) groups excluding carboxylic acids is 1. The zero-order chi connectivity index (χ0) is 15.9. The first-order valence-corrected chi connectivity index (χ1v) is 8.12. The highest BCUT2D eigenvalue weighted by Crippen LogP contribution is 2.15. The molecule has 1 fully saturated rings. The lowest BCUT2D eigenvalue weighted by Crippen LogP contribution is -2.43. The number of likely N-dealkylation sites (N-methyl/N-ethyl adjacent to an activating group) is 1. The van der Waals surface area contributed by atoms with Gasteiger partial charge in [-0.2, -0.15) is 0 Å². The summed E-state index contributed by atoms with van der Waals surface area (Å²) in [6, 6.07) is 8.61. The van der Waals surface area contributed by atoms with E-state index in [0.29, 0.717) is 12.6 Å². The fourth-order valence-corrected chi connectivity index (χ4v) is 2.94. The Kier molecular flexibility index (Phi) is 6.07. The topological polar surface area (TPSA) is 47.6 Å². The molecule has 5 nitrogen and oxygen atoms in total. The molecule has 1 aromatic carbocycles. The van der Waals surface area contributed by atoms with Gasteiger partial charge in [-0.3, -0.25) is 4.90 Å². The number of anilines is 1. The number of rotatable bonds is 6. The van der Waals surface area contributed by atoms with Gasteiger partial charge in [-0.05, 0) is 43.6 Å². The highest BCUT2D eigenvalue weighted by molar-refractivity contribution is 5.73. The maximum atomic E-state index is 11.9. The van der Waals surface area contributed by atoms with Gasteiger partial charge >= 0.3 is 6.03 Å². The van der Waals surface area contributed by atoms with Gasteiger partial charge in [-0.1, -0.05) is 19.1 Å². The smallest absolute Gasteiger partial charge is 0.315 e. The first-order valence-electron chi connectivity index (χ1n) is 8.12. The van der Waals surface area contributed by atoms with E-state index in [1.54, 1.807) is 0 Å². The Morgan fingerprint density at radius 1 is 1.36 bits per heavy atom. The van der Waals surface area contributed by atoms with Gasteiger partial charge in [-0.25, -0.2) is 4.79 Å². The van der Waals surface area contributed by atoms with E-state index in [2.05, 4.69) is 39.5 Å². The van der Waals surface area contributed by atoms with Crippen molar-refractivity contribution in [1.29, 1.82) is 0 Å². The van der Waals surface area contributed by atoms with E-state index in [9.17, 15) is 4.79 Å². The van der Waals surface area contributed by atoms with Crippen molar-refractivity contribution in [2.45, 2.75) is 32.4 Å². The van der Waals surface area contributed by atoms with E-state index in [0.717, 1.165) is 30.9 Å². The first-order chi connectivity index (χ1) is 10.6. The second-order valence-corrected chi connectivity index (χ2v) is 6.05. The zero-order valence-corrected chi connectivity index (χ0v) is 13.9. The number of urea groups is 1. The van der Waals surface area contributed by atoms with Crippen molar-refractivity contribution in [3.63, 3.8) is 0 Å². The molecule has 5 heteroatoms. The lowest BCUT2D eigenvalue weighted by atomic mass is 10.2. The molecule has 2 amide bonds. The number of hydrogen-bond donors (Lipinski definition) is 2. The van der Waals surface area contributed by atoms with Crippen LogP contribution in [0.25, 0.3) is 0 Å². The third-order valence-corrected chi connectivity index (χ3v) is 4.28. The van der Waals surface area contributed by atoms with Crippen LogP contribution in [-0.4, -0.2) is 50.7 Å². The van der Waals surface area contributed by atoms with E-state index in [1.165, 1.54) is 12.8 Å². The summed E-state index contributed by atoms with van der Waals surface area (Å²) in [5.41, 5.74) is 2.25. The maximum absolute atomic E-state index is 11.9. The summed E-state index contributed by atoms with van der Waals surface area (Å²) >= 11 is 0. The fraction of sp³-hybridized carbons (Fsp3) is 0.588. The molecule has 1 aliphatic heterocycles. The summed E-state index contributed by atoms with van der Waals surface area (Å²) in [7, 11) is 4.03. The molecule has 0 spiro atoms. The standard InChI is InChI=1S/C17H28N4O/c1-4-21-10-6-9-16(21)13-19-17(22)18-12-14-7-5-8-15(11-14)20(2)3/h5,7-8,11,16H,4,6,9-10,12-13H2,1-3H3,(H2,18,19,22). The average Bonchev–Trinajstić information content (AvgIpc) is 2.98. The van der Waals surface area contributed by atoms with Crippen LogP contribution in [0.1, 0.15) is 25.3 Å². The Morgan fingerprint density at radius 2 is 2.18 bits per heavy atom. The van der Waals surface area contributed by atoms with Gasteiger partial charge in [0.1, 0.15) is 0 Å². The molecular weight excluding hydrogens is 276 g/mol. The Hall–Kier alpha value is -1.75. The molecule has 0 bridgehead atoms. The van der Waals surface area contributed by atoms with Gasteiger partial charge in [0.2, 0.25) is 0 Å². The quantitative estimate of drug-likeness (QED) is 0.845. The van der Waals surface area contributed by atoms with Crippen LogP contribution >= 0.6 is 0 Å². The van der Waals surface area contributed by atoms with Crippen LogP contribution < -0.4 is 15.5 Å². The normalized spacial score (nSPS) is 18.2. The van der Waals surface area contributed by atoms with Gasteiger partial charge in [0, 0.05) is 38.9 Å². The Morgan fingerprint density at radius 3 is 2.91 bits per heavy atom. The summed E-state index contributed by atoms with van der Waals surface area (Å²) in [5, 5.41) is 5.93. The third kappa shape index (κ3) is 4.63. The van der Waals surface area contributed by atoms with Crippen molar-refractivity contribution in [2.75, 3.05) is 38.6 Å². The largest absolute Gasteiger partial charge is 0.378 e. The van der Waals surface area contributed by atoms with Gasteiger partial charge in [0.05, 0.1) is 0 Å². The predicted molar refractivity (Wildman–Crippen MR) is 91.3 cm³/mol. The average molecular weight is 304 g/mol. The molecule has 1 heterocycles. The Balaban J connectivity index is 1.74. The molecule has 2 rings (SSSR count). The molecule has 22 heavy (non-hydrogen) atoms. The highest BCUT2D eigenvalue weighted by Gasteiger charge is 2.22. The van der Waals surface area contributed by atoms with E-state index >= 15 is 0 Å². The second kappa shape index (κ2) is 8.03. The van der Waals surface area contributed by atoms with Crippen molar-refractivity contribution in [1.82, 2.24) is 15.5 Å². The minimum atomic E-state index is -0.0850. The van der Waals surface area contributed by atoms with Crippen molar-refractivity contribution < 1.29 is 4.79 Å². The van der Waals surface area contributed by atoms with Crippen molar-refractivity contribution in [2.24, 2.45) is 0 Å². The summed E-state index contributed by atoms with van der Waals surface area (Å²) in [5.74, 6) is 0. The molecule has 1 unspecified atom stereocenters. The van der Waals surface area contributed by atoms with Crippen molar-refractivity contribution in [3.8, 4) is 0 Å². The van der Waals surface area contributed by atoms with Crippen LogP contribution in [0.3, 0.4) is 0 Å². The monoisotopic (exact) mass is 304 g/mol. The molecule has 0 aromatic heterocycles. The highest BCUT2D eigenvalue weighted by atomic mass is 16.2. The van der Waals surface area contributed by atoms with Gasteiger partial charge in [0.25, 0.3) is 0 Å². The van der Waals surface area contributed by atoms with Crippen LogP contribution in [0.15, 0.2) is 24.3 Å². The number of amides is 2. The van der Waals surface area contributed by atoms with Crippen LogP contribution in [0.5, 0.6) is 0 Å². The van der Waals surface area contributed by atoms with Crippen LogP contribution in [-0.2, 0) is 6.54 Å². The summed E-state index contributed by atoms with van der Waals surface area (Å²) in [6.45, 7) is 5.68. The predicted octanol–water partition coefficient (Wildman–Crippen LogP) is 2.04. The molecule has 1 saturated heterocycles. The van der Waals surface area contributed by atoms with Gasteiger partial charge in [-0.15, -0.1) is 0 Å². The first kappa shape index (κ1) is 16.6. The number of nitrogens with zero attached hydrogens (tertiary/aromatic N) is 2. The third-order valence-electron chi connectivity index (χ3n) is 4.28. The van der Waals surface area contributed by atoms with Gasteiger partial charge in [0.15, 0.2) is 0 Å².